The maximum atomic E-state index is 13.5. The number of rotatable bonds is 3. The lowest BCUT2D eigenvalue weighted by molar-refractivity contribution is 0.354. The third-order valence-corrected chi connectivity index (χ3v) is 2.21. The number of methoxy groups -OCH3 is 1. The van der Waals surface area contributed by atoms with Gasteiger partial charge in [-0.2, -0.15) is 0 Å². The highest BCUT2D eigenvalue weighted by atomic mass is 19.1. The summed E-state index contributed by atoms with van der Waals surface area (Å²) in [6.45, 7) is 2.13. The predicted octanol–water partition coefficient (Wildman–Crippen LogP) is 1.60. The fourth-order valence-corrected chi connectivity index (χ4v) is 1.23. The van der Waals surface area contributed by atoms with Gasteiger partial charge in [0.1, 0.15) is 0 Å². The van der Waals surface area contributed by atoms with Crippen molar-refractivity contribution in [2.45, 2.75) is 12.8 Å². The molecule has 0 bridgehead atoms. The number of phenols is 1. The second-order valence-electron chi connectivity index (χ2n) is 3.16. The average Bonchev–Trinajstić information content (AvgIpc) is 2.21. The molecule has 1 rings (SSSR count). The monoisotopic (exact) mass is 199 g/mol. The smallest absolute Gasteiger partial charge is 0.194 e. The van der Waals surface area contributed by atoms with Crippen molar-refractivity contribution in [3.63, 3.8) is 0 Å². The third-order valence-electron chi connectivity index (χ3n) is 2.21. The highest BCUT2D eigenvalue weighted by molar-refractivity contribution is 5.44. The van der Waals surface area contributed by atoms with E-state index in [1.54, 1.807) is 13.0 Å². The van der Waals surface area contributed by atoms with Gasteiger partial charge in [0, 0.05) is 0 Å². The number of aromatic hydroxyl groups is 1. The molecule has 0 heterocycles. The van der Waals surface area contributed by atoms with Crippen molar-refractivity contribution in [1.82, 2.24) is 0 Å². The number of halogens is 1. The zero-order chi connectivity index (χ0) is 10.7. The largest absolute Gasteiger partial charge is 0.502 e. The number of benzene rings is 1. The molecule has 0 spiro atoms. The summed E-state index contributed by atoms with van der Waals surface area (Å²) in [5, 5.41) is 9.38. The maximum absolute atomic E-state index is 13.5. The summed E-state index contributed by atoms with van der Waals surface area (Å²) >= 11 is 0. The molecule has 0 aliphatic carbocycles. The van der Waals surface area contributed by atoms with Gasteiger partial charge < -0.3 is 15.6 Å². The van der Waals surface area contributed by atoms with Gasteiger partial charge in [0.2, 0.25) is 0 Å². The molecule has 14 heavy (non-hydrogen) atoms. The Morgan fingerprint density at radius 3 is 2.71 bits per heavy atom. The first-order chi connectivity index (χ1) is 6.61. The summed E-state index contributed by atoms with van der Waals surface area (Å²) in [6.07, 6.45) is 0. The van der Waals surface area contributed by atoms with E-state index in [2.05, 4.69) is 0 Å². The molecule has 4 heteroatoms. The number of hydrogen-bond acceptors (Lipinski definition) is 3. The van der Waals surface area contributed by atoms with Gasteiger partial charge in [-0.25, -0.2) is 4.39 Å². The lowest BCUT2D eigenvalue weighted by Gasteiger charge is -2.12. The molecule has 78 valence electrons. The minimum atomic E-state index is -0.651. The van der Waals surface area contributed by atoms with Gasteiger partial charge in [-0.3, -0.25) is 0 Å². The number of phenolic OH excluding ortho intramolecular Hbond substituents is 1. The van der Waals surface area contributed by atoms with E-state index in [1.807, 2.05) is 0 Å². The van der Waals surface area contributed by atoms with Crippen molar-refractivity contribution in [2.24, 2.45) is 5.73 Å². The molecule has 1 unspecified atom stereocenters. The van der Waals surface area contributed by atoms with Crippen LogP contribution in [0.5, 0.6) is 11.5 Å². The van der Waals surface area contributed by atoms with Crippen LogP contribution in [0, 0.1) is 5.82 Å². The van der Waals surface area contributed by atoms with Crippen LogP contribution in [0.3, 0.4) is 0 Å². The first kappa shape index (κ1) is 10.8. The molecule has 1 aromatic rings. The fraction of sp³-hybridized carbons (Fsp3) is 0.400. The van der Waals surface area contributed by atoms with Crippen molar-refractivity contribution in [2.75, 3.05) is 13.7 Å². The molecule has 1 atom stereocenters. The summed E-state index contributed by atoms with van der Waals surface area (Å²) in [4.78, 5) is 0. The first-order valence-electron chi connectivity index (χ1n) is 4.37. The highest BCUT2D eigenvalue weighted by Gasteiger charge is 2.16. The van der Waals surface area contributed by atoms with Gasteiger partial charge in [-0.1, -0.05) is 13.0 Å². The Hall–Kier alpha value is -1.29. The molecular weight excluding hydrogens is 185 g/mol. The molecule has 0 saturated heterocycles. The zero-order valence-corrected chi connectivity index (χ0v) is 8.25. The highest BCUT2D eigenvalue weighted by Crippen LogP contribution is 2.33. The fourth-order valence-electron chi connectivity index (χ4n) is 1.23. The molecule has 0 saturated carbocycles. The number of ether oxygens (including phenoxy) is 1. The predicted molar refractivity (Wildman–Crippen MR) is 52.1 cm³/mol. The SMILES string of the molecule is COc1ccc(C(C)CN)c(F)c1O. The van der Waals surface area contributed by atoms with Crippen LogP contribution in [0.2, 0.25) is 0 Å². The van der Waals surface area contributed by atoms with Crippen LogP contribution >= 0.6 is 0 Å². The Morgan fingerprint density at radius 1 is 1.57 bits per heavy atom. The average molecular weight is 199 g/mol. The second-order valence-corrected chi connectivity index (χ2v) is 3.16. The van der Waals surface area contributed by atoms with Gasteiger partial charge in [0.05, 0.1) is 7.11 Å². The molecule has 0 fully saturated rings. The molecule has 3 N–H and O–H groups in total. The van der Waals surface area contributed by atoms with Gasteiger partial charge in [-0.15, -0.1) is 0 Å². The van der Waals surface area contributed by atoms with Crippen molar-refractivity contribution in [1.29, 1.82) is 0 Å². The Morgan fingerprint density at radius 2 is 2.21 bits per heavy atom. The quantitative estimate of drug-likeness (QED) is 0.777. The number of hydrogen-bond donors (Lipinski definition) is 2. The topological polar surface area (TPSA) is 55.5 Å². The van der Waals surface area contributed by atoms with Crippen LogP contribution in [0.1, 0.15) is 18.4 Å². The van der Waals surface area contributed by atoms with Gasteiger partial charge in [0.15, 0.2) is 17.3 Å². The molecule has 1 aromatic carbocycles. The van der Waals surface area contributed by atoms with Gasteiger partial charge >= 0.3 is 0 Å². The standard InChI is InChI=1S/C10H14FNO2/c1-6(5-12)7-3-4-8(14-2)10(13)9(7)11/h3-4,6,13H,5,12H2,1-2H3. The van der Waals surface area contributed by atoms with E-state index in [4.69, 9.17) is 10.5 Å². The van der Waals surface area contributed by atoms with Crippen molar-refractivity contribution in [3.8, 4) is 11.5 Å². The Balaban J connectivity index is 3.17. The van der Waals surface area contributed by atoms with Crippen LogP contribution in [-0.2, 0) is 0 Å². The summed E-state index contributed by atoms with van der Waals surface area (Å²) < 4.78 is 18.3. The number of nitrogens with two attached hydrogens (primary N) is 1. The Labute approximate surface area is 82.3 Å². The molecule has 3 nitrogen and oxygen atoms in total. The van der Waals surface area contributed by atoms with Crippen molar-refractivity contribution < 1.29 is 14.2 Å². The molecule has 0 radical (unpaired) electrons. The van der Waals surface area contributed by atoms with Crippen LogP contribution in [-0.4, -0.2) is 18.8 Å². The lowest BCUT2D eigenvalue weighted by Crippen LogP contribution is -2.10. The van der Waals surface area contributed by atoms with Crippen LogP contribution in [0.15, 0.2) is 12.1 Å². The van der Waals surface area contributed by atoms with Crippen LogP contribution in [0.25, 0.3) is 0 Å². The molecule has 0 aliphatic heterocycles. The van der Waals surface area contributed by atoms with E-state index >= 15 is 0 Å². The van der Waals surface area contributed by atoms with Crippen LogP contribution in [0.4, 0.5) is 4.39 Å². The zero-order valence-electron chi connectivity index (χ0n) is 8.25. The van der Waals surface area contributed by atoms with Crippen molar-refractivity contribution >= 4 is 0 Å². The summed E-state index contributed by atoms with van der Waals surface area (Å²) in [7, 11) is 1.38. The summed E-state index contributed by atoms with van der Waals surface area (Å²) in [5.74, 6) is -1.09. The molecule has 0 amide bonds. The van der Waals surface area contributed by atoms with E-state index < -0.39 is 11.6 Å². The maximum Gasteiger partial charge on any atom is 0.194 e. The minimum absolute atomic E-state index is 0.119. The Kier molecular flexibility index (Phi) is 3.30. The molecular formula is C10H14FNO2. The van der Waals surface area contributed by atoms with E-state index in [-0.39, 0.29) is 11.7 Å². The lowest BCUT2D eigenvalue weighted by atomic mass is 10.0. The summed E-state index contributed by atoms with van der Waals surface area (Å²) in [5.41, 5.74) is 5.82. The third kappa shape index (κ3) is 1.80. The summed E-state index contributed by atoms with van der Waals surface area (Å²) in [6, 6.07) is 3.10. The van der Waals surface area contributed by atoms with Gasteiger partial charge in [0.25, 0.3) is 0 Å². The van der Waals surface area contributed by atoms with E-state index in [1.165, 1.54) is 13.2 Å². The van der Waals surface area contributed by atoms with E-state index in [0.717, 1.165) is 0 Å². The van der Waals surface area contributed by atoms with E-state index in [0.29, 0.717) is 12.1 Å². The Bertz CT molecular complexity index is 328. The molecule has 0 aliphatic rings. The van der Waals surface area contributed by atoms with Crippen molar-refractivity contribution in [3.05, 3.63) is 23.5 Å². The normalized spacial score (nSPS) is 12.6. The first-order valence-corrected chi connectivity index (χ1v) is 4.37. The van der Waals surface area contributed by atoms with Gasteiger partial charge in [-0.05, 0) is 24.1 Å². The van der Waals surface area contributed by atoms with Crippen LogP contribution < -0.4 is 10.5 Å². The minimum Gasteiger partial charge on any atom is -0.502 e. The van der Waals surface area contributed by atoms with E-state index in [9.17, 15) is 9.50 Å². The second kappa shape index (κ2) is 4.28. The molecule has 0 aromatic heterocycles.